The number of nitrogens with zero attached hydrogens (tertiary/aromatic N) is 3. The van der Waals surface area contributed by atoms with Gasteiger partial charge in [-0.25, -0.2) is 0 Å². The second-order valence-corrected chi connectivity index (χ2v) is 5.67. The van der Waals surface area contributed by atoms with Gasteiger partial charge < -0.3 is 4.74 Å². The summed E-state index contributed by atoms with van der Waals surface area (Å²) < 4.78 is 7.43. The topological polar surface area (TPSA) is 69.0 Å². The fourth-order valence-corrected chi connectivity index (χ4v) is 2.81. The van der Waals surface area contributed by atoms with E-state index >= 15 is 0 Å². The summed E-state index contributed by atoms with van der Waals surface area (Å²) in [6, 6.07) is 17.4. The normalized spacial score (nSPS) is 16.1. The summed E-state index contributed by atoms with van der Waals surface area (Å²) in [6.07, 6.45) is 2.24. The molecule has 6 nitrogen and oxygen atoms in total. The molecule has 120 valence electrons. The fraction of sp³-hybridized carbons (Fsp3) is 0.167. The summed E-state index contributed by atoms with van der Waals surface area (Å²) in [5.41, 5.74) is 1.94. The van der Waals surface area contributed by atoms with E-state index in [2.05, 4.69) is 15.5 Å². The molecule has 0 aliphatic carbocycles. The lowest BCUT2D eigenvalue weighted by molar-refractivity contribution is -0.121. The van der Waals surface area contributed by atoms with Gasteiger partial charge in [0.2, 0.25) is 11.9 Å². The number of para-hydroxylation sites is 2. The molecule has 0 fully saturated rings. The van der Waals surface area contributed by atoms with E-state index in [4.69, 9.17) is 4.74 Å². The summed E-state index contributed by atoms with van der Waals surface area (Å²) in [6.45, 7) is 0.363. The SMILES string of the molecule is O=C(Nc1nncn1-c1ccccc1)C1COc2ccccc2C1. The van der Waals surface area contributed by atoms with Crippen molar-refractivity contribution in [3.63, 3.8) is 0 Å². The van der Waals surface area contributed by atoms with Crippen molar-refractivity contribution in [3.05, 3.63) is 66.5 Å². The van der Waals surface area contributed by atoms with E-state index in [9.17, 15) is 4.79 Å². The lowest BCUT2D eigenvalue weighted by Gasteiger charge is -2.24. The van der Waals surface area contributed by atoms with Gasteiger partial charge in [0.15, 0.2) is 0 Å². The predicted octanol–water partition coefficient (Wildman–Crippen LogP) is 2.46. The summed E-state index contributed by atoms with van der Waals surface area (Å²) >= 11 is 0. The second kappa shape index (κ2) is 6.16. The van der Waals surface area contributed by atoms with E-state index in [0.29, 0.717) is 19.0 Å². The molecule has 3 aromatic rings. The molecule has 1 aliphatic heterocycles. The molecule has 1 aromatic heterocycles. The zero-order valence-corrected chi connectivity index (χ0v) is 12.9. The minimum atomic E-state index is -0.249. The molecule has 0 spiro atoms. The minimum absolute atomic E-state index is 0.116. The molecule has 6 heteroatoms. The van der Waals surface area contributed by atoms with Crippen LogP contribution in [0.4, 0.5) is 5.95 Å². The number of carbonyl (C=O) groups is 1. The van der Waals surface area contributed by atoms with Gasteiger partial charge in [-0.2, -0.15) is 0 Å². The highest BCUT2D eigenvalue weighted by atomic mass is 16.5. The Hall–Kier alpha value is -3.15. The van der Waals surface area contributed by atoms with Gasteiger partial charge in [0, 0.05) is 0 Å². The first kappa shape index (κ1) is 14.4. The summed E-state index contributed by atoms with van der Waals surface area (Å²) in [4.78, 5) is 12.6. The van der Waals surface area contributed by atoms with Crippen molar-refractivity contribution >= 4 is 11.9 Å². The van der Waals surface area contributed by atoms with Crippen LogP contribution in [0.5, 0.6) is 5.75 Å². The molecular formula is C18H16N4O2. The van der Waals surface area contributed by atoms with Crippen molar-refractivity contribution in [3.8, 4) is 11.4 Å². The number of carbonyl (C=O) groups excluding carboxylic acids is 1. The Kier molecular flexibility index (Phi) is 3.70. The van der Waals surface area contributed by atoms with Gasteiger partial charge in [-0.15, -0.1) is 10.2 Å². The third kappa shape index (κ3) is 2.74. The van der Waals surface area contributed by atoms with Crippen molar-refractivity contribution in [1.82, 2.24) is 14.8 Å². The number of benzene rings is 2. The van der Waals surface area contributed by atoms with Crippen LogP contribution in [0.1, 0.15) is 5.56 Å². The predicted molar refractivity (Wildman–Crippen MR) is 89.1 cm³/mol. The fourth-order valence-electron chi connectivity index (χ4n) is 2.81. The van der Waals surface area contributed by atoms with Gasteiger partial charge >= 0.3 is 0 Å². The first-order valence-electron chi connectivity index (χ1n) is 7.78. The first-order valence-corrected chi connectivity index (χ1v) is 7.78. The van der Waals surface area contributed by atoms with Gasteiger partial charge in [0.1, 0.15) is 18.7 Å². The maximum atomic E-state index is 12.6. The number of rotatable bonds is 3. The molecule has 0 saturated carbocycles. The molecular weight excluding hydrogens is 304 g/mol. The first-order chi connectivity index (χ1) is 11.8. The Morgan fingerprint density at radius 3 is 2.79 bits per heavy atom. The van der Waals surface area contributed by atoms with E-state index in [0.717, 1.165) is 17.0 Å². The Bertz CT molecular complexity index is 860. The van der Waals surface area contributed by atoms with Crippen LogP contribution in [0.15, 0.2) is 60.9 Å². The van der Waals surface area contributed by atoms with Crippen LogP contribution in [0.25, 0.3) is 5.69 Å². The van der Waals surface area contributed by atoms with Crippen molar-refractivity contribution in [2.45, 2.75) is 6.42 Å². The van der Waals surface area contributed by atoms with Crippen molar-refractivity contribution in [2.24, 2.45) is 5.92 Å². The van der Waals surface area contributed by atoms with Crippen LogP contribution in [-0.4, -0.2) is 27.3 Å². The molecule has 2 heterocycles. The summed E-state index contributed by atoms with van der Waals surface area (Å²) in [5.74, 6) is 0.898. The van der Waals surface area contributed by atoms with E-state index < -0.39 is 0 Å². The Morgan fingerprint density at radius 1 is 1.12 bits per heavy atom. The maximum Gasteiger partial charge on any atom is 0.235 e. The molecule has 1 atom stereocenters. The molecule has 1 unspecified atom stereocenters. The highest BCUT2D eigenvalue weighted by Gasteiger charge is 2.26. The average molecular weight is 320 g/mol. The van der Waals surface area contributed by atoms with Gasteiger partial charge in [-0.05, 0) is 30.2 Å². The Labute approximate surface area is 139 Å². The standard InChI is InChI=1S/C18H16N4O2/c23-17(14-10-13-6-4-5-9-16(13)24-11-14)20-18-21-19-12-22(18)15-7-2-1-3-8-15/h1-9,12,14H,10-11H2,(H,20,21,23). The zero-order chi connectivity index (χ0) is 16.4. The van der Waals surface area contributed by atoms with Crippen LogP contribution >= 0.6 is 0 Å². The van der Waals surface area contributed by atoms with Gasteiger partial charge in [-0.3, -0.25) is 14.7 Å². The van der Waals surface area contributed by atoms with E-state index in [1.54, 1.807) is 10.9 Å². The number of hydrogen-bond donors (Lipinski definition) is 1. The molecule has 1 amide bonds. The Morgan fingerprint density at radius 2 is 1.92 bits per heavy atom. The van der Waals surface area contributed by atoms with E-state index in [1.165, 1.54) is 0 Å². The molecule has 0 radical (unpaired) electrons. The number of nitrogens with one attached hydrogen (secondary N) is 1. The number of fused-ring (bicyclic) bond motifs is 1. The zero-order valence-electron chi connectivity index (χ0n) is 12.9. The number of aromatic nitrogens is 3. The average Bonchev–Trinajstić information content (AvgIpc) is 3.10. The van der Waals surface area contributed by atoms with Gasteiger partial charge in [0.25, 0.3) is 0 Å². The molecule has 4 rings (SSSR count). The van der Waals surface area contributed by atoms with Crippen LogP contribution in [0.3, 0.4) is 0 Å². The lowest BCUT2D eigenvalue weighted by Crippen LogP contribution is -2.33. The van der Waals surface area contributed by atoms with Gasteiger partial charge in [-0.1, -0.05) is 36.4 Å². The molecule has 0 bridgehead atoms. The van der Waals surface area contributed by atoms with Crippen LogP contribution < -0.4 is 10.1 Å². The van der Waals surface area contributed by atoms with Crippen LogP contribution in [0.2, 0.25) is 0 Å². The molecule has 24 heavy (non-hydrogen) atoms. The largest absolute Gasteiger partial charge is 0.492 e. The summed E-state index contributed by atoms with van der Waals surface area (Å²) in [7, 11) is 0. The highest BCUT2D eigenvalue weighted by Crippen LogP contribution is 2.27. The van der Waals surface area contributed by atoms with Crippen molar-refractivity contribution < 1.29 is 9.53 Å². The number of anilines is 1. The van der Waals surface area contributed by atoms with E-state index in [1.807, 2.05) is 54.6 Å². The molecule has 1 aliphatic rings. The second-order valence-electron chi connectivity index (χ2n) is 5.67. The monoisotopic (exact) mass is 320 g/mol. The van der Waals surface area contributed by atoms with E-state index in [-0.39, 0.29) is 11.8 Å². The van der Waals surface area contributed by atoms with Crippen molar-refractivity contribution in [1.29, 1.82) is 0 Å². The highest BCUT2D eigenvalue weighted by molar-refractivity contribution is 5.91. The number of hydrogen-bond acceptors (Lipinski definition) is 4. The molecule has 1 N–H and O–H groups in total. The minimum Gasteiger partial charge on any atom is -0.492 e. The van der Waals surface area contributed by atoms with Crippen LogP contribution in [-0.2, 0) is 11.2 Å². The maximum absolute atomic E-state index is 12.6. The Balaban J connectivity index is 1.51. The number of amides is 1. The van der Waals surface area contributed by atoms with Gasteiger partial charge in [0.05, 0.1) is 11.6 Å². The van der Waals surface area contributed by atoms with Crippen LogP contribution in [0, 0.1) is 5.92 Å². The van der Waals surface area contributed by atoms with Crippen molar-refractivity contribution in [2.75, 3.05) is 11.9 Å². The smallest absolute Gasteiger partial charge is 0.235 e. The molecule has 0 saturated heterocycles. The lowest BCUT2D eigenvalue weighted by atomic mass is 9.96. The quantitative estimate of drug-likeness (QED) is 0.805. The summed E-state index contributed by atoms with van der Waals surface area (Å²) in [5, 5.41) is 10.8. The third-order valence-corrected chi connectivity index (χ3v) is 4.07. The number of ether oxygens (including phenoxy) is 1. The third-order valence-electron chi connectivity index (χ3n) is 4.07. The molecule has 2 aromatic carbocycles.